The fourth-order valence-electron chi connectivity index (χ4n) is 6.10. The normalized spacial score (nSPS) is 14.6. The second-order valence-electron chi connectivity index (χ2n) is 13.4. The van der Waals surface area contributed by atoms with Gasteiger partial charge in [-0.2, -0.15) is 0 Å². The molecule has 3 heteroatoms. The minimum atomic E-state index is 0.350. The number of rotatable bonds is 10. The molecule has 0 radical (unpaired) electrons. The van der Waals surface area contributed by atoms with Gasteiger partial charge in [0.25, 0.3) is 0 Å². The quantitative estimate of drug-likeness (QED) is 0.176. The minimum Gasteiger partial charge on any atom is -0.353 e. The maximum atomic E-state index is 5.53. The standard InChI is InChI=1S/C43H49N3/c1-28(2)34-22-15-23-35(29(3)4)42(34)45-40(32-18-11-9-12-19-32)38-26-17-27-39(44-38)41(33-20-13-10-14-21-33)46-43-36(30(5)6)24-16-25-37(43)31(7)8/h9-31,44-45H,1-8H3/b40-38+,46-41?. The van der Waals surface area contributed by atoms with Gasteiger partial charge in [0.15, 0.2) is 0 Å². The first-order valence-electron chi connectivity index (χ1n) is 16.8. The second kappa shape index (κ2) is 14.6. The summed E-state index contributed by atoms with van der Waals surface area (Å²) in [6, 6.07) is 34.5. The van der Waals surface area contributed by atoms with Gasteiger partial charge >= 0.3 is 0 Å². The third-order valence-electron chi connectivity index (χ3n) is 8.62. The van der Waals surface area contributed by atoms with Gasteiger partial charge in [0.1, 0.15) is 0 Å². The predicted molar refractivity (Wildman–Crippen MR) is 199 cm³/mol. The van der Waals surface area contributed by atoms with Gasteiger partial charge in [-0.15, -0.1) is 0 Å². The maximum Gasteiger partial charge on any atom is 0.0944 e. The van der Waals surface area contributed by atoms with Crippen molar-refractivity contribution >= 4 is 22.8 Å². The van der Waals surface area contributed by atoms with E-state index in [0.29, 0.717) is 23.7 Å². The number of hydrogen-bond donors (Lipinski definition) is 2. The highest BCUT2D eigenvalue weighted by Gasteiger charge is 2.22. The van der Waals surface area contributed by atoms with Crippen LogP contribution in [0.25, 0.3) is 5.70 Å². The zero-order valence-corrected chi connectivity index (χ0v) is 28.7. The number of anilines is 1. The van der Waals surface area contributed by atoms with Crippen LogP contribution in [0.15, 0.2) is 132 Å². The molecule has 4 aromatic carbocycles. The van der Waals surface area contributed by atoms with E-state index in [0.717, 1.165) is 39.6 Å². The smallest absolute Gasteiger partial charge is 0.0944 e. The molecular formula is C43H49N3. The van der Waals surface area contributed by atoms with Crippen molar-refractivity contribution in [2.24, 2.45) is 4.99 Å². The van der Waals surface area contributed by atoms with E-state index in [4.69, 9.17) is 4.99 Å². The van der Waals surface area contributed by atoms with Crippen molar-refractivity contribution in [1.29, 1.82) is 0 Å². The largest absolute Gasteiger partial charge is 0.353 e. The summed E-state index contributed by atoms with van der Waals surface area (Å²) >= 11 is 0. The Morgan fingerprint density at radius 3 is 1.54 bits per heavy atom. The summed E-state index contributed by atoms with van der Waals surface area (Å²) in [6.45, 7) is 18.1. The first-order valence-corrected chi connectivity index (χ1v) is 16.8. The van der Waals surface area contributed by atoms with Gasteiger partial charge in [0.05, 0.1) is 28.5 Å². The van der Waals surface area contributed by atoms with E-state index in [1.807, 2.05) is 0 Å². The predicted octanol–water partition coefficient (Wildman–Crippen LogP) is 11.8. The van der Waals surface area contributed by atoms with Crippen molar-refractivity contribution in [2.75, 3.05) is 5.32 Å². The Balaban J connectivity index is 1.69. The molecule has 0 amide bonds. The Labute approximate surface area is 276 Å². The van der Waals surface area contributed by atoms with Crippen molar-refractivity contribution in [3.8, 4) is 0 Å². The summed E-state index contributed by atoms with van der Waals surface area (Å²) in [6.07, 6.45) is 6.45. The zero-order valence-electron chi connectivity index (χ0n) is 28.7. The molecular weight excluding hydrogens is 558 g/mol. The Hall–Kier alpha value is -4.63. The number of allylic oxidation sites excluding steroid dienone is 4. The molecule has 1 aliphatic rings. The van der Waals surface area contributed by atoms with Crippen LogP contribution >= 0.6 is 0 Å². The molecule has 0 unspecified atom stereocenters. The summed E-state index contributed by atoms with van der Waals surface area (Å²) in [5, 5.41) is 7.81. The summed E-state index contributed by atoms with van der Waals surface area (Å²) in [4.78, 5) is 5.53. The minimum absolute atomic E-state index is 0.350. The molecule has 0 saturated carbocycles. The van der Waals surface area contributed by atoms with Gasteiger partial charge in [0, 0.05) is 16.8 Å². The highest BCUT2D eigenvalue weighted by Crippen LogP contribution is 2.38. The molecule has 1 heterocycles. The highest BCUT2D eigenvalue weighted by molar-refractivity contribution is 6.14. The van der Waals surface area contributed by atoms with E-state index in [-0.39, 0.29) is 0 Å². The van der Waals surface area contributed by atoms with Gasteiger partial charge in [-0.1, -0.05) is 159 Å². The Morgan fingerprint density at radius 1 is 0.565 bits per heavy atom. The van der Waals surface area contributed by atoms with Crippen LogP contribution in [-0.2, 0) is 0 Å². The third-order valence-corrected chi connectivity index (χ3v) is 8.62. The average Bonchev–Trinajstić information content (AvgIpc) is 3.06. The van der Waals surface area contributed by atoms with Gasteiger partial charge in [-0.25, -0.2) is 4.99 Å². The first-order chi connectivity index (χ1) is 22.2. The summed E-state index contributed by atoms with van der Waals surface area (Å²) < 4.78 is 0. The molecule has 236 valence electrons. The molecule has 0 atom stereocenters. The number of nitrogens with zero attached hydrogens (tertiary/aromatic N) is 1. The summed E-state index contributed by atoms with van der Waals surface area (Å²) in [5.41, 5.74) is 13.5. The highest BCUT2D eigenvalue weighted by atomic mass is 15.0. The topological polar surface area (TPSA) is 36.4 Å². The van der Waals surface area contributed by atoms with E-state index < -0.39 is 0 Å². The fraction of sp³-hybridized carbons (Fsp3) is 0.279. The van der Waals surface area contributed by atoms with E-state index in [2.05, 4.69) is 181 Å². The Morgan fingerprint density at radius 2 is 1.04 bits per heavy atom. The van der Waals surface area contributed by atoms with Crippen LogP contribution in [0.3, 0.4) is 0 Å². The van der Waals surface area contributed by atoms with Gasteiger partial charge in [0.2, 0.25) is 0 Å². The van der Waals surface area contributed by atoms with E-state index in [1.165, 1.54) is 27.9 Å². The molecule has 1 aliphatic heterocycles. The number of benzene rings is 4. The van der Waals surface area contributed by atoms with E-state index in [9.17, 15) is 0 Å². The van der Waals surface area contributed by atoms with E-state index >= 15 is 0 Å². The van der Waals surface area contributed by atoms with Crippen molar-refractivity contribution < 1.29 is 0 Å². The van der Waals surface area contributed by atoms with Crippen molar-refractivity contribution in [3.63, 3.8) is 0 Å². The number of hydrogen-bond acceptors (Lipinski definition) is 3. The Bertz CT molecular complexity index is 1720. The molecule has 4 aromatic rings. The molecule has 0 aromatic heterocycles. The summed E-state index contributed by atoms with van der Waals surface area (Å²) in [7, 11) is 0. The molecule has 5 rings (SSSR count). The second-order valence-corrected chi connectivity index (χ2v) is 13.4. The summed E-state index contributed by atoms with van der Waals surface area (Å²) in [5.74, 6) is 1.45. The first kappa shape index (κ1) is 32.8. The number of para-hydroxylation sites is 2. The number of aliphatic imine (C=N–C) groups is 1. The average molecular weight is 608 g/mol. The molecule has 0 aliphatic carbocycles. The molecule has 0 spiro atoms. The molecule has 0 fully saturated rings. The van der Waals surface area contributed by atoms with Crippen LogP contribution in [0.4, 0.5) is 11.4 Å². The SMILES string of the molecule is CC(C)c1cccc(C(C)C)c1N=C(C1=CC=C/C(=C(\Nc2c(C(C)C)cccc2C(C)C)c2ccccc2)N1)c1ccccc1. The van der Waals surface area contributed by atoms with Crippen molar-refractivity contribution in [3.05, 3.63) is 160 Å². The molecule has 0 saturated heterocycles. The number of nitrogens with one attached hydrogen (secondary N) is 2. The molecule has 46 heavy (non-hydrogen) atoms. The number of dihydropyridines is 1. The molecule has 3 nitrogen and oxygen atoms in total. The molecule has 2 N–H and O–H groups in total. The van der Waals surface area contributed by atoms with Crippen LogP contribution in [0.1, 0.15) is 112 Å². The lowest BCUT2D eigenvalue weighted by atomic mass is 9.92. The van der Waals surface area contributed by atoms with Crippen LogP contribution < -0.4 is 10.6 Å². The fourth-order valence-corrected chi connectivity index (χ4v) is 6.10. The van der Waals surface area contributed by atoms with Gasteiger partial charge < -0.3 is 10.6 Å². The maximum absolute atomic E-state index is 5.53. The van der Waals surface area contributed by atoms with Crippen molar-refractivity contribution in [2.45, 2.75) is 79.1 Å². The van der Waals surface area contributed by atoms with Gasteiger partial charge in [-0.3, -0.25) is 0 Å². The lowest BCUT2D eigenvalue weighted by molar-refractivity contribution is 0.834. The third kappa shape index (κ3) is 7.26. The monoisotopic (exact) mass is 607 g/mol. The van der Waals surface area contributed by atoms with Crippen LogP contribution in [0.5, 0.6) is 0 Å². The Kier molecular flexibility index (Phi) is 10.4. The lowest BCUT2D eigenvalue weighted by Crippen LogP contribution is -2.24. The molecule has 0 bridgehead atoms. The van der Waals surface area contributed by atoms with Crippen LogP contribution in [0, 0.1) is 0 Å². The van der Waals surface area contributed by atoms with Crippen molar-refractivity contribution in [1.82, 2.24) is 5.32 Å². The van der Waals surface area contributed by atoms with Gasteiger partial charge in [-0.05, 0) is 58.1 Å². The van der Waals surface area contributed by atoms with E-state index in [1.54, 1.807) is 0 Å². The van der Waals surface area contributed by atoms with Crippen LogP contribution in [-0.4, -0.2) is 5.71 Å². The van der Waals surface area contributed by atoms with Crippen LogP contribution in [0.2, 0.25) is 0 Å². The lowest BCUT2D eigenvalue weighted by Gasteiger charge is -2.26. The zero-order chi connectivity index (χ0) is 32.8.